The highest BCUT2D eigenvalue weighted by atomic mass is 16.6. The molecule has 20 heavy (non-hydrogen) atoms. The van der Waals surface area contributed by atoms with Gasteiger partial charge in [-0.3, -0.25) is 14.9 Å². The van der Waals surface area contributed by atoms with Gasteiger partial charge in [0.25, 0.3) is 5.91 Å². The SMILES string of the molecule is CC(C)c1cccc(NC(=O)c2ccc([N+](=O)[O-])o2)c1. The van der Waals surface area contributed by atoms with Crippen molar-refractivity contribution in [2.45, 2.75) is 19.8 Å². The van der Waals surface area contributed by atoms with E-state index in [4.69, 9.17) is 4.42 Å². The molecule has 0 unspecified atom stereocenters. The van der Waals surface area contributed by atoms with Crippen molar-refractivity contribution in [1.29, 1.82) is 0 Å². The molecule has 6 heteroatoms. The lowest BCUT2D eigenvalue weighted by Crippen LogP contribution is -2.11. The van der Waals surface area contributed by atoms with Gasteiger partial charge in [-0.15, -0.1) is 0 Å². The average molecular weight is 274 g/mol. The topological polar surface area (TPSA) is 85.4 Å². The molecule has 0 fully saturated rings. The first-order valence-corrected chi connectivity index (χ1v) is 6.13. The lowest BCUT2D eigenvalue weighted by Gasteiger charge is -2.08. The second-order valence-electron chi connectivity index (χ2n) is 4.63. The molecule has 0 radical (unpaired) electrons. The number of nitrogens with one attached hydrogen (secondary N) is 1. The third kappa shape index (κ3) is 3.03. The minimum atomic E-state index is -0.684. The first-order valence-electron chi connectivity index (χ1n) is 6.13. The summed E-state index contributed by atoms with van der Waals surface area (Å²) < 4.78 is 4.85. The van der Waals surface area contributed by atoms with Crippen LogP contribution in [-0.2, 0) is 0 Å². The van der Waals surface area contributed by atoms with Gasteiger partial charge in [-0.2, -0.15) is 0 Å². The second kappa shape index (κ2) is 5.56. The van der Waals surface area contributed by atoms with Crippen LogP contribution in [0.1, 0.15) is 35.9 Å². The van der Waals surface area contributed by atoms with E-state index < -0.39 is 16.7 Å². The number of benzene rings is 1. The van der Waals surface area contributed by atoms with Gasteiger partial charge in [0.1, 0.15) is 4.92 Å². The van der Waals surface area contributed by atoms with Gasteiger partial charge in [0.05, 0.1) is 6.07 Å². The lowest BCUT2D eigenvalue weighted by atomic mass is 10.0. The molecule has 2 rings (SSSR count). The Hall–Kier alpha value is -2.63. The number of carbonyl (C=O) groups is 1. The van der Waals surface area contributed by atoms with Crippen LogP contribution in [0.2, 0.25) is 0 Å². The maximum absolute atomic E-state index is 11.9. The first-order chi connectivity index (χ1) is 9.47. The van der Waals surface area contributed by atoms with Crippen LogP contribution in [0, 0.1) is 10.1 Å². The molecule has 1 aromatic heterocycles. The van der Waals surface area contributed by atoms with Gasteiger partial charge in [0.15, 0.2) is 5.76 Å². The minimum absolute atomic E-state index is 0.0911. The molecule has 0 saturated carbocycles. The summed E-state index contributed by atoms with van der Waals surface area (Å²) in [5, 5.41) is 13.1. The van der Waals surface area contributed by atoms with Crippen LogP contribution in [0.25, 0.3) is 0 Å². The van der Waals surface area contributed by atoms with Gasteiger partial charge >= 0.3 is 5.88 Å². The number of nitrogens with zero attached hydrogens (tertiary/aromatic N) is 1. The highest BCUT2D eigenvalue weighted by molar-refractivity contribution is 6.02. The smallest absolute Gasteiger partial charge is 0.395 e. The number of hydrogen-bond acceptors (Lipinski definition) is 4. The second-order valence-corrected chi connectivity index (χ2v) is 4.63. The Morgan fingerprint density at radius 3 is 2.65 bits per heavy atom. The molecule has 1 heterocycles. The number of anilines is 1. The van der Waals surface area contributed by atoms with Gasteiger partial charge in [0, 0.05) is 5.69 Å². The number of amides is 1. The molecule has 2 aromatic rings. The van der Waals surface area contributed by atoms with Crippen molar-refractivity contribution in [2.24, 2.45) is 0 Å². The Kier molecular flexibility index (Phi) is 3.84. The van der Waals surface area contributed by atoms with Gasteiger partial charge in [-0.1, -0.05) is 26.0 Å². The number of rotatable bonds is 4. The van der Waals surface area contributed by atoms with Crippen LogP contribution in [-0.4, -0.2) is 10.8 Å². The van der Waals surface area contributed by atoms with Crippen molar-refractivity contribution in [3.63, 3.8) is 0 Å². The highest BCUT2D eigenvalue weighted by Crippen LogP contribution is 2.20. The molecule has 1 amide bonds. The maximum Gasteiger partial charge on any atom is 0.433 e. The van der Waals surface area contributed by atoms with Crippen LogP contribution < -0.4 is 5.32 Å². The maximum atomic E-state index is 11.9. The quantitative estimate of drug-likeness (QED) is 0.682. The molecule has 0 bridgehead atoms. The summed E-state index contributed by atoms with van der Waals surface area (Å²) in [5.41, 5.74) is 1.72. The molecule has 0 spiro atoms. The van der Waals surface area contributed by atoms with Crippen LogP contribution in [0.3, 0.4) is 0 Å². The van der Waals surface area contributed by atoms with E-state index in [0.29, 0.717) is 11.6 Å². The predicted molar refractivity (Wildman–Crippen MR) is 73.8 cm³/mol. The number of hydrogen-bond donors (Lipinski definition) is 1. The summed E-state index contributed by atoms with van der Waals surface area (Å²) in [6, 6.07) is 9.86. The fourth-order valence-corrected chi connectivity index (χ4v) is 1.72. The monoisotopic (exact) mass is 274 g/mol. The van der Waals surface area contributed by atoms with Gasteiger partial charge < -0.3 is 9.73 Å². The Labute approximate surface area is 115 Å². The van der Waals surface area contributed by atoms with Crippen molar-refractivity contribution in [3.05, 3.63) is 57.8 Å². The molecule has 104 valence electrons. The van der Waals surface area contributed by atoms with Crippen molar-refractivity contribution in [1.82, 2.24) is 0 Å². The molecule has 0 aliphatic heterocycles. The summed E-state index contributed by atoms with van der Waals surface area (Å²) in [5.74, 6) is -0.715. The van der Waals surface area contributed by atoms with E-state index in [1.54, 1.807) is 6.07 Å². The summed E-state index contributed by atoms with van der Waals surface area (Å²) in [6.45, 7) is 4.10. The third-order valence-corrected chi connectivity index (χ3v) is 2.81. The van der Waals surface area contributed by atoms with E-state index in [1.807, 2.05) is 18.2 Å². The van der Waals surface area contributed by atoms with Crippen molar-refractivity contribution >= 4 is 17.5 Å². The molecule has 1 N–H and O–H groups in total. The molecular weight excluding hydrogens is 260 g/mol. The Bertz CT molecular complexity index is 646. The number of furan rings is 1. The number of carbonyl (C=O) groups excluding carboxylic acids is 1. The fourth-order valence-electron chi connectivity index (χ4n) is 1.72. The van der Waals surface area contributed by atoms with Gasteiger partial charge in [0.2, 0.25) is 0 Å². The molecule has 6 nitrogen and oxygen atoms in total. The summed E-state index contributed by atoms with van der Waals surface area (Å²) in [7, 11) is 0. The molecule has 0 aliphatic carbocycles. The Morgan fingerprint density at radius 2 is 2.05 bits per heavy atom. The summed E-state index contributed by atoms with van der Waals surface area (Å²) in [4.78, 5) is 21.7. The summed E-state index contributed by atoms with van der Waals surface area (Å²) >= 11 is 0. The normalized spacial score (nSPS) is 10.6. The van der Waals surface area contributed by atoms with E-state index in [1.165, 1.54) is 6.07 Å². The zero-order chi connectivity index (χ0) is 14.7. The predicted octanol–water partition coefficient (Wildman–Crippen LogP) is 3.56. The molecule has 1 aromatic carbocycles. The fraction of sp³-hybridized carbons (Fsp3) is 0.214. The van der Waals surface area contributed by atoms with E-state index >= 15 is 0 Å². The standard InChI is InChI=1S/C14H14N2O4/c1-9(2)10-4-3-5-11(8-10)15-14(17)12-6-7-13(20-12)16(18)19/h3-9H,1-2H3,(H,15,17). The Morgan fingerprint density at radius 1 is 1.30 bits per heavy atom. The van der Waals surface area contributed by atoms with Crippen LogP contribution in [0.15, 0.2) is 40.8 Å². The minimum Gasteiger partial charge on any atom is -0.395 e. The highest BCUT2D eigenvalue weighted by Gasteiger charge is 2.17. The van der Waals surface area contributed by atoms with E-state index in [-0.39, 0.29) is 5.76 Å². The average Bonchev–Trinajstić information content (AvgIpc) is 2.88. The third-order valence-electron chi connectivity index (χ3n) is 2.81. The molecule has 0 saturated heterocycles. The zero-order valence-corrected chi connectivity index (χ0v) is 11.1. The van der Waals surface area contributed by atoms with Crippen molar-refractivity contribution in [3.8, 4) is 0 Å². The van der Waals surface area contributed by atoms with Crippen molar-refractivity contribution in [2.75, 3.05) is 5.32 Å². The van der Waals surface area contributed by atoms with Gasteiger partial charge in [-0.05, 0) is 29.7 Å². The summed E-state index contributed by atoms with van der Waals surface area (Å²) in [6.07, 6.45) is 0. The number of nitro groups is 1. The molecule has 0 aliphatic rings. The molecular formula is C14H14N2O4. The van der Waals surface area contributed by atoms with E-state index in [0.717, 1.165) is 11.6 Å². The van der Waals surface area contributed by atoms with Crippen molar-refractivity contribution < 1.29 is 14.1 Å². The van der Waals surface area contributed by atoms with Crippen LogP contribution in [0.5, 0.6) is 0 Å². The van der Waals surface area contributed by atoms with E-state index in [9.17, 15) is 14.9 Å². The first kappa shape index (κ1) is 13.8. The largest absolute Gasteiger partial charge is 0.433 e. The zero-order valence-electron chi connectivity index (χ0n) is 11.1. The molecule has 0 atom stereocenters. The Balaban J connectivity index is 2.14. The van der Waals surface area contributed by atoms with Crippen LogP contribution >= 0.6 is 0 Å². The van der Waals surface area contributed by atoms with Crippen LogP contribution in [0.4, 0.5) is 11.6 Å². The van der Waals surface area contributed by atoms with E-state index in [2.05, 4.69) is 19.2 Å². The lowest BCUT2D eigenvalue weighted by molar-refractivity contribution is -0.402. The van der Waals surface area contributed by atoms with Gasteiger partial charge in [-0.25, -0.2) is 0 Å².